The molecule has 0 bridgehead atoms. The molecular formula is C16H12F3N3O. The van der Waals surface area contributed by atoms with Crippen molar-refractivity contribution in [2.24, 2.45) is 0 Å². The number of amides is 1. The Kier molecular flexibility index (Phi) is 3.77. The SMILES string of the molecule is O=C(Nc1ccc2c(c1)ncn2Cc1ccccc1)C(F)(F)F. The summed E-state index contributed by atoms with van der Waals surface area (Å²) in [4.78, 5) is 15.1. The van der Waals surface area contributed by atoms with Gasteiger partial charge in [-0.15, -0.1) is 0 Å². The normalized spacial score (nSPS) is 11.6. The molecule has 118 valence electrons. The zero-order valence-electron chi connectivity index (χ0n) is 11.8. The lowest BCUT2D eigenvalue weighted by Crippen LogP contribution is -2.29. The summed E-state index contributed by atoms with van der Waals surface area (Å²) in [6, 6.07) is 14.2. The number of hydrogen-bond acceptors (Lipinski definition) is 2. The van der Waals surface area contributed by atoms with Crippen molar-refractivity contribution in [1.82, 2.24) is 9.55 Å². The summed E-state index contributed by atoms with van der Waals surface area (Å²) >= 11 is 0. The molecule has 0 atom stereocenters. The minimum Gasteiger partial charge on any atom is -0.326 e. The molecule has 3 aromatic rings. The van der Waals surface area contributed by atoms with E-state index < -0.39 is 12.1 Å². The zero-order chi connectivity index (χ0) is 16.4. The molecule has 0 aliphatic rings. The number of carbonyl (C=O) groups is 1. The fraction of sp³-hybridized carbons (Fsp3) is 0.125. The molecule has 1 aromatic heterocycles. The Bertz CT molecular complexity index is 841. The lowest BCUT2D eigenvalue weighted by Gasteiger charge is -2.08. The molecule has 1 heterocycles. The molecule has 2 aromatic carbocycles. The molecule has 0 saturated heterocycles. The molecule has 0 unspecified atom stereocenters. The summed E-state index contributed by atoms with van der Waals surface area (Å²) in [6.07, 6.45) is -3.30. The lowest BCUT2D eigenvalue weighted by molar-refractivity contribution is -0.167. The van der Waals surface area contributed by atoms with E-state index in [0.717, 1.165) is 11.1 Å². The lowest BCUT2D eigenvalue weighted by atomic mass is 10.2. The van der Waals surface area contributed by atoms with Gasteiger partial charge >= 0.3 is 12.1 Å². The Morgan fingerprint density at radius 3 is 2.57 bits per heavy atom. The first kappa shape index (κ1) is 15.1. The van der Waals surface area contributed by atoms with Crippen LogP contribution in [0.4, 0.5) is 18.9 Å². The van der Waals surface area contributed by atoms with Gasteiger partial charge in [-0.3, -0.25) is 4.79 Å². The Hall–Kier alpha value is -2.83. The smallest absolute Gasteiger partial charge is 0.326 e. The molecule has 3 rings (SSSR count). The number of benzene rings is 2. The van der Waals surface area contributed by atoms with Crippen LogP contribution in [0.2, 0.25) is 0 Å². The molecule has 0 radical (unpaired) electrons. The Morgan fingerprint density at radius 1 is 1.13 bits per heavy atom. The number of halogens is 3. The predicted molar refractivity (Wildman–Crippen MR) is 80.0 cm³/mol. The highest BCUT2D eigenvalue weighted by Crippen LogP contribution is 2.22. The maximum absolute atomic E-state index is 12.3. The Labute approximate surface area is 129 Å². The van der Waals surface area contributed by atoms with Crippen LogP contribution in [-0.4, -0.2) is 21.6 Å². The van der Waals surface area contributed by atoms with E-state index >= 15 is 0 Å². The maximum Gasteiger partial charge on any atom is 0.471 e. The van der Waals surface area contributed by atoms with Crippen molar-refractivity contribution in [3.63, 3.8) is 0 Å². The first-order chi connectivity index (χ1) is 10.9. The topological polar surface area (TPSA) is 46.9 Å². The molecule has 23 heavy (non-hydrogen) atoms. The van der Waals surface area contributed by atoms with Crippen molar-refractivity contribution >= 4 is 22.6 Å². The number of nitrogens with one attached hydrogen (secondary N) is 1. The van der Waals surface area contributed by atoms with Crippen LogP contribution in [0.3, 0.4) is 0 Å². The number of aromatic nitrogens is 2. The summed E-state index contributed by atoms with van der Waals surface area (Å²) in [7, 11) is 0. The predicted octanol–water partition coefficient (Wildman–Crippen LogP) is 3.59. The van der Waals surface area contributed by atoms with Crippen LogP contribution in [0.5, 0.6) is 0 Å². The fourth-order valence-electron chi connectivity index (χ4n) is 2.25. The average Bonchev–Trinajstić information content (AvgIpc) is 2.90. The zero-order valence-corrected chi connectivity index (χ0v) is 11.8. The Morgan fingerprint density at radius 2 is 1.87 bits per heavy atom. The van der Waals surface area contributed by atoms with E-state index in [0.29, 0.717) is 12.1 Å². The van der Waals surface area contributed by atoms with E-state index in [-0.39, 0.29) is 5.69 Å². The van der Waals surface area contributed by atoms with Gasteiger partial charge in [-0.1, -0.05) is 30.3 Å². The molecule has 1 amide bonds. The van der Waals surface area contributed by atoms with E-state index in [4.69, 9.17) is 0 Å². The van der Waals surface area contributed by atoms with Crippen molar-refractivity contribution in [2.75, 3.05) is 5.32 Å². The van der Waals surface area contributed by atoms with E-state index in [9.17, 15) is 18.0 Å². The molecular weight excluding hydrogens is 307 g/mol. The minimum absolute atomic E-state index is 0.0600. The third kappa shape index (κ3) is 3.33. The maximum atomic E-state index is 12.3. The third-order valence-electron chi connectivity index (χ3n) is 3.33. The largest absolute Gasteiger partial charge is 0.471 e. The van der Waals surface area contributed by atoms with Crippen molar-refractivity contribution in [2.45, 2.75) is 12.7 Å². The van der Waals surface area contributed by atoms with E-state index in [1.807, 2.05) is 40.2 Å². The van der Waals surface area contributed by atoms with Gasteiger partial charge in [0, 0.05) is 12.2 Å². The van der Waals surface area contributed by atoms with Crippen molar-refractivity contribution in [1.29, 1.82) is 0 Å². The monoisotopic (exact) mass is 319 g/mol. The van der Waals surface area contributed by atoms with Gasteiger partial charge in [-0.05, 0) is 23.8 Å². The van der Waals surface area contributed by atoms with Crippen molar-refractivity contribution in [3.05, 3.63) is 60.4 Å². The van der Waals surface area contributed by atoms with Gasteiger partial charge in [0.2, 0.25) is 0 Å². The molecule has 0 aliphatic heterocycles. The van der Waals surface area contributed by atoms with Crippen LogP contribution in [0.1, 0.15) is 5.56 Å². The second kappa shape index (κ2) is 5.75. The van der Waals surface area contributed by atoms with Gasteiger partial charge in [0.15, 0.2) is 0 Å². The van der Waals surface area contributed by atoms with Gasteiger partial charge < -0.3 is 9.88 Å². The molecule has 0 aliphatic carbocycles. The van der Waals surface area contributed by atoms with Crippen molar-refractivity contribution in [3.8, 4) is 0 Å². The second-order valence-electron chi connectivity index (χ2n) is 5.01. The van der Waals surface area contributed by atoms with Gasteiger partial charge in [0.1, 0.15) is 0 Å². The van der Waals surface area contributed by atoms with Gasteiger partial charge in [0.25, 0.3) is 0 Å². The molecule has 1 N–H and O–H groups in total. The molecule has 0 saturated carbocycles. The van der Waals surface area contributed by atoms with E-state index in [2.05, 4.69) is 4.98 Å². The number of alkyl halides is 3. The van der Waals surface area contributed by atoms with Crippen LogP contribution >= 0.6 is 0 Å². The third-order valence-corrected chi connectivity index (χ3v) is 3.33. The van der Waals surface area contributed by atoms with Crippen LogP contribution in [0, 0.1) is 0 Å². The summed E-state index contributed by atoms with van der Waals surface area (Å²) in [5, 5.41) is 1.82. The number of hydrogen-bond donors (Lipinski definition) is 1. The number of imidazole rings is 1. The van der Waals surface area contributed by atoms with Crippen LogP contribution < -0.4 is 5.32 Å². The summed E-state index contributed by atoms with van der Waals surface area (Å²) in [5.41, 5.74) is 2.44. The average molecular weight is 319 g/mol. The highest BCUT2D eigenvalue weighted by molar-refractivity contribution is 5.96. The number of rotatable bonds is 3. The number of carbonyl (C=O) groups excluding carboxylic acids is 1. The Balaban J connectivity index is 1.84. The first-order valence-electron chi connectivity index (χ1n) is 6.80. The molecule has 0 spiro atoms. The molecule has 7 heteroatoms. The first-order valence-corrected chi connectivity index (χ1v) is 6.80. The number of anilines is 1. The van der Waals surface area contributed by atoms with Crippen LogP contribution in [-0.2, 0) is 11.3 Å². The van der Waals surface area contributed by atoms with Gasteiger partial charge in [0.05, 0.1) is 17.4 Å². The quantitative estimate of drug-likeness (QED) is 0.802. The second-order valence-corrected chi connectivity index (χ2v) is 5.01. The number of fused-ring (bicyclic) bond motifs is 1. The highest BCUT2D eigenvalue weighted by atomic mass is 19.4. The minimum atomic E-state index is -4.92. The standard InChI is InChI=1S/C16H12F3N3O/c17-16(18,19)15(23)21-12-6-7-14-13(8-12)20-10-22(14)9-11-4-2-1-3-5-11/h1-8,10H,9H2,(H,21,23). The van der Waals surface area contributed by atoms with Gasteiger partial charge in [-0.25, -0.2) is 4.98 Å². The summed E-state index contributed by atoms with van der Waals surface area (Å²) in [5.74, 6) is -2.00. The molecule has 0 fully saturated rings. The summed E-state index contributed by atoms with van der Waals surface area (Å²) in [6.45, 7) is 0.603. The van der Waals surface area contributed by atoms with E-state index in [1.165, 1.54) is 12.1 Å². The van der Waals surface area contributed by atoms with Crippen LogP contribution in [0.15, 0.2) is 54.9 Å². The summed E-state index contributed by atoms with van der Waals surface area (Å²) < 4.78 is 38.7. The molecule has 4 nitrogen and oxygen atoms in total. The van der Waals surface area contributed by atoms with Crippen molar-refractivity contribution < 1.29 is 18.0 Å². The van der Waals surface area contributed by atoms with Crippen LogP contribution in [0.25, 0.3) is 11.0 Å². The fourth-order valence-corrected chi connectivity index (χ4v) is 2.25. The van der Waals surface area contributed by atoms with Gasteiger partial charge in [-0.2, -0.15) is 13.2 Å². The van der Waals surface area contributed by atoms with E-state index in [1.54, 1.807) is 12.4 Å². The highest BCUT2D eigenvalue weighted by Gasteiger charge is 2.38. The number of nitrogens with zero attached hydrogens (tertiary/aromatic N) is 2.